The zero-order chi connectivity index (χ0) is 18.8. The molecule has 26 heavy (non-hydrogen) atoms. The molecule has 0 aliphatic rings. The van der Waals surface area contributed by atoms with E-state index in [2.05, 4.69) is 63.6 Å². The lowest BCUT2D eigenvalue weighted by Gasteiger charge is -2.14. The van der Waals surface area contributed by atoms with Crippen LogP contribution >= 0.6 is 0 Å². The van der Waals surface area contributed by atoms with E-state index in [4.69, 9.17) is 0 Å². The van der Waals surface area contributed by atoms with E-state index in [9.17, 15) is 4.79 Å². The number of aromatic nitrogens is 1. The predicted octanol–water partition coefficient (Wildman–Crippen LogP) is 2.45. The Labute approximate surface area is 156 Å². The molecule has 0 unspecified atom stereocenters. The second-order valence-corrected chi connectivity index (χ2v) is 6.58. The molecule has 1 aromatic heterocycles. The fourth-order valence-electron chi connectivity index (χ4n) is 2.64. The summed E-state index contributed by atoms with van der Waals surface area (Å²) in [6.07, 6.45) is 5.32. The summed E-state index contributed by atoms with van der Waals surface area (Å²) >= 11 is 0. The Kier molecular flexibility index (Phi) is 7.99. The van der Waals surface area contributed by atoms with Crippen molar-refractivity contribution in [3.8, 4) is 0 Å². The number of hydrogen-bond donors (Lipinski definition) is 2. The van der Waals surface area contributed by atoms with Crippen molar-refractivity contribution in [2.45, 2.75) is 32.7 Å². The van der Waals surface area contributed by atoms with Crippen molar-refractivity contribution < 1.29 is 4.79 Å². The molecule has 2 rings (SSSR count). The van der Waals surface area contributed by atoms with Gasteiger partial charge in [-0.1, -0.05) is 31.5 Å². The minimum Gasteiger partial charge on any atom is -0.356 e. The molecule has 1 aromatic carbocycles. The van der Waals surface area contributed by atoms with Crippen LogP contribution in [0.3, 0.4) is 0 Å². The Hall–Kier alpha value is -2.50. The van der Waals surface area contributed by atoms with Crippen molar-refractivity contribution in [3.05, 3.63) is 36.5 Å². The van der Waals surface area contributed by atoms with Gasteiger partial charge in [0.25, 0.3) is 0 Å². The van der Waals surface area contributed by atoms with Crippen LogP contribution in [-0.4, -0.2) is 55.1 Å². The average molecular weight is 358 g/mol. The summed E-state index contributed by atoms with van der Waals surface area (Å²) in [5.74, 6) is 0.714. The van der Waals surface area contributed by atoms with Crippen molar-refractivity contribution in [2.75, 3.05) is 33.7 Å². The van der Waals surface area contributed by atoms with E-state index >= 15 is 0 Å². The Morgan fingerprint density at radius 2 is 1.85 bits per heavy atom. The molecule has 142 valence electrons. The minimum atomic E-state index is 0.000373. The highest BCUT2D eigenvalue weighted by molar-refractivity contribution is 5.84. The number of carbonyl (C=O) groups is 1. The van der Waals surface area contributed by atoms with E-state index in [0.29, 0.717) is 5.96 Å². The highest BCUT2D eigenvalue weighted by Gasteiger charge is 2.04. The lowest BCUT2D eigenvalue weighted by molar-refractivity contribution is -0.127. The van der Waals surface area contributed by atoms with Gasteiger partial charge in [0, 0.05) is 45.4 Å². The molecular formula is C20H31N5O. The lowest BCUT2D eigenvalue weighted by Crippen LogP contribution is -2.39. The van der Waals surface area contributed by atoms with Gasteiger partial charge in [-0.15, -0.1) is 0 Å². The van der Waals surface area contributed by atoms with E-state index in [0.717, 1.165) is 38.9 Å². The first-order valence-corrected chi connectivity index (χ1v) is 9.38. The SMILES string of the molecule is CCCCNC(=NCC(=O)N(C)C)NCCCn1ccc2ccccc21. The van der Waals surface area contributed by atoms with Gasteiger partial charge in [0.1, 0.15) is 6.54 Å². The molecule has 0 radical (unpaired) electrons. The van der Waals surface area contributed by atoms with Crippen LogP contribution in [0, 0.1) is 0 Å². The first-order valence-electron chi connectivity index (χ1n) is 9.38. The summed E-state index contributed by atoms with van der Waals surface area (Å²) < 4.78 is 2.27. The maximum absolute atomic E-state index is 11.7. The largest absolute Gasteiger partial charge is 0.356 e. The zero-order valence-electron chi connectivity index (χ0n) is 16.2. The molecule has 1 amide bonds. The molecule has 6 heteroatoms. The fraction of sp³-hybridized carbons (Fsp3) is 0.500. The van der Waals surface area contributed by atoms with Crippen LogP contribution in [0.5, 0.6) is 0 Å². The van der Waals surface area contributed by atoms with Gasteiger partial charge in [0.05, 0.1) is 0 Å². The van der Waals surface area contributed by atoms with Crippen LogP contribution in [-0.2, 0) is 11.3 Å². The Balaban J connectivity index is 1.83. The van der Waals surface area contributed by atoms with Crippen molar-refractivity contribution >= 4 is 22.8 Å². The molecule has 0 aliphatic heterocycles. The Morgan fingerprint density at radius 3 is 2.58 bits per heavy atom. The monoisotopic (exact) mass is 357 g/mol. The van der Waals surface area contributed by atoms with Crippen LogP contribution in [0.2, 0.25) is 0 Å². The van der Waals surface area contributed by atoms with E-state index in [1.807, 2.05) is 0 Å². The molecule has 0 saturated carbocycles. The van der Waals surface area contributed by atoms with Gasteiger partial charge in [0.15, 0.2) is 5.96 Å². The number of fused-ring (bicyclic) bond motifs is 1. The number of guanidine groups is 1. The third-order valence-electron chi connectivity index (χ3n) is 4.24. The molecule has 0 saturated heterocycles. The first kappa shape index (κ1) is 19.8. The zero-order valence-corrected chi connectivity index (χ0v) is 16.2. The molecular weight excluding hydrogens is 326 g/mol. The summed E-state index contributed by atoms with van der Waals surface area (Å²) in [6.45, 7) is 4.93. The van der Waals surface area contributed by atoms with Gasteiger partial charge in [-0.05, 0) is 30.4 Å². The molecule has 0 atom stereocenters. The number of amides is 1. The number of likely N-dealkylation sites (N-methyl/N-ethyl adjacent to an activating group) is 1. The van der Waals surface area contributed by atoms with Crippen LogP contribution < -0.4 is 10.6 Å². The van der Waals surface area contributed by atoms with Crippen molar-refractivity contribution in [1.82, 2.24) is 20.1 Å². The molecule has 0 fully saturated rings. The van der Waals surface area contributed by atoms with Crippen molar-refractivity contribution in [1.29, 1.82) is 0 Å². The standard InChI is InChI=1S/C20H31N5O/c1-4-5-12-21-20(23-16-19(26)24(2)3)22-13-8-14-25-15-11-17-9-6-7-10-18(17)25/h6-7,9-11,15H,4-5,8,12-14,16H2,1-3H3,(H2,21,22,23). The van der Waals surface area contributed by atoms with Crippen LogP contribution in [0.4, 0.5) is 0 Å². The second-order valence-electron chi connectivity index (χ2n) is 6.58. The molecule has 0 aliphatic carbocycles. The first-order chi connectivity index (χ1) is 12.6. The molecule has 1 heterocycles. The Morgan fingerprint density at radius 1 is 1.12 bits per heavy atom. The van der Waals surface area contributed by atoms with Gasteiger partial charge in [0.2, 0.25) is 5.91 Å². The molecule has 2 N–H and O–H groups in total. The summed E-state index contributed by atoms with van der Waals surface area (Å²) in [5.41, 5.74) is 1.26. The van der Waals surface area contributed by atoms with E-state index in [-0.39, 0.29) is 12.5 Å². The maximum Gasteiger partial charge on any atom is 0.243 e. The number of rotatable bonds is 9. The van der Waals surface area contributed by atoms with Crippen molar-refractivity contribution in [2.24, 2.45) is 4.99 Å². The number of nitrogens with one attached hydrogen (secondary N) is 2. The third kappa shape index (κ3) is 6.10. The smallest absolute Gasteiger partial charge is 0.243 e. The van der Waals surface area contributed by atoms with Gasteiger partial charge in [-0.3, -0.25) is 4.79 Å². The van der Waals surface area contributed by atoms with E-state index < -0.39 is 0 Å². The minimum absolute atomic E-state index is 0.000373. The maximum atomic E-state index is 11.7. The van der Waals surface area contributed by atoms with Gasteiger partial charge < -0.3 is 20.1 Å². The summed E-state index contributed by atoms with van der Waals surface area (Å²) in [4.78, 5) is 17.7. The topological polar surface area (TPSA) is 61.7 Å². The van der Waals surface area contributed by atoms with Gasteiger partial charge in [-0.25, -0.2) is 4.99 Å². The van der Waals surface area contributed by atoms with E-state index in [1.165, 1.54) is 10.9 Å². The van der Waals surface area contributed by atoms with E-state index in [1.54, 1.807) is 19.0 Å². The quantitative estimate of drug-likeness (QED) is 0.412. The fourth-order valence-corrected chi connectivity index (χ4v) is 2.64. The predicted molar refractivity (Wildman–Crippen MR) is 108 cm³/mol. The number of nitrogens with zero attached hydrogens (tertiary/aromatic N) is 3. The van der Waals surface area contributed by atoms with Crippen LogP contribution in [0.1, 0.15) is 26.2 Å². The van der Waals surface area contributed by atoms with Crippen LogP contribution in [0.25, 0.3) is 10.9 Å². The Bertz CT molecular complexity index is 720. The van der Waals surface area contributed by atoms with Crippen LogP contribution in [0.15, 0.2) is 41.5 Å². The van der Waals surface area contributed by atoms with Gasteiger partial charge in [-0.2, -0.15) is 0 Å². The molecule has 0 bridgehead atoms. The lowest BCUT2D eigenvalue weighted by atomic mass is 10.2. The number of aryl methyl sites for hydroxylation is 1. The van der Waals surface area contributed by atoms with Crippen molar-refractivity contribution in [3.63, 3.8) is 0 Å². The highest BCUT2D eigenvalue weighted by atomic mass is 16.2. The number of unbranched alkanes of at least 4 members (excludes halogenated alkanes) is 1. The molecule has 0 spiro atoms. The highest BCUT2D eigenvalue weighted by Crippen LogP contribution is 2.15. The summed E-state index contributed by atoms with van der Waals surface area (Å²) in [7, 11) is 3.49. The molecule has 6 nitrogen and oxygen atoms in total. The normalized spacial score (nSPS) is 11.6. The molecule has 2 aromatic rings. The second kappa shape index (κ2) is 10.5. The summed E-state index contributed by atoms with van der Waals surface area (Å²) in [6, 6.07) is 10.6. The number of aliphatic imine (C=N–C) groups is 1. The summed E-state index contributed by atoms with van der Waals surface area (Å²) in [5, 5.41) is 7.91. The number of carbonyl (C=O) groups excluding carboxylic acids is 1. The number of para-hydroxylation sites is 1. The van der Waals surface area contributed by atoms with Gasteiger partial charge >= 0.3 is 0 Å². The average Bonchev–Trinajstić information content (AvgIpc) is 3.05. The number of benzene rings is 1. The number of hydrogen-bond acceptors (Lipinski definition) is 2. The third-order valence-corrected chi connectivity index (χ3v) is 4.24.